The van der Waals surface area contributed by atoms with Gasteiger partial charge in [0, 0.05) is 18.3 Å². The molecule has 11 heteroatoms. The van der Waals surface area contributed by atoms with Gasteiger partial charge in [0.1, 0.15) is 19.3 Å². The van der Waals surface area contributed by atoms with Crippen LogP contribution in [-0.4, -0.2) is 47.4 Å². The van der Waals surface area contributed by atoms with Gasteiger partial charge in [0.25, 0.3) is 5.91 Å². The topological polar surface area (TPSA) is 127 Å². The molecular formula is C26H26ClN5O5. The second-order valence-corrected chi connectivity index (χ2v) is 7.94. The zero-order chi connectivity index (χ0) is 26.5. The minimum atomic E-state index is -0.983. The summed E-state index contributed by atoms with van der Waals surface area (Å²) in [5, 5.41) is 6.84. The molecule has 0 bridgehead atoms. The predicted molar refractivity (Wildman–Crippen MR) is 139 cm³/mol. The van der Waals surface area contributed by atoms with E-state index in [1.807, 2.05) is 37.3 Å². The highest BCUT2D eigenvalue weighted by Crippen LogP contribution is 2.36. The summed E-state index contributed by atoms with van der Waals surface area (Å²) in [6.45, 7) is 2.29. The lowest BCUT2D eigenvalue weighted by Crippen LogP contribution is -2.47. The summed E-state index contributed by atoms with van der Waals surface area (Å²) in [6, 6.07) is 11.5. The lowest BCUT2D eigenvalue weighted by molar-refractivity contribution is -0.123. The number of H-pyrrole nitrogens is 1. The molecule has 0 radical (unpaired) electrons. The number of nitrogens with one attached hydrogen (secondary N) is 3. The third-order valence-corrected chi connectivity index (χ3v) is 5.10. The normalized spacial score (nSPS) is 11.4. The van der Waals surface area contributed by atoms with E-state index in [1.165, 1.54) is 12.5 Å². The van der Waals surface area contributed by atoms with Gasteiger partial charge in [0.2, 0.25) is 0 Å². The highest BCUT2D eigenvalue weighted by atomic mass is 35.5. The van der Waals surface area contributed by atoms with E-state index in [2.05, 4.69) is 31.7 Å². The lowest BCUT2D eigenvalue weighted by Gasteiger charge is -2.16. The number of carbonyl (C=O) groups is 2. The molecule has 0 saturated carbocycles. The van der Waals surface area contributed by atoms with E-state index in [1.54, 1.807) is 18.3 Å². The number of imidazole rings is 1. The molecule has 1 atom stereocenters. The fraction of sp³-hybridized carbons (Fsp3) is 0.231. The maximum Gasteiger partial charge on any atom is 0.408 e. The summed E-state index contributed by atoms with van der Waals surface area (Å²) in [5.74, 6) is 2.52. The first-order valence-electron chi connectivity index (χ1n) is 11.3. The summed E-state index contributed by atoms with van der Waals surface area (Å²) >= 11 is 6.32. The van der Waals surface area contributed by atoms with Crippen LogP contribution in [0.3, 0.4) is 0 Å². The minimum absolute atomic E-state index is 0.0296. The maximum absolute atomic E-state index is 12.9. The number of halogens is 1. The van der Waals surface area contributed by atoms with Crippen LogP contribution in [0, 0.1) is 12.3 Å². The molecule has 0 saturated heterocycles. The van der Waals surface area contributed by atoms with Gasteiger partial charge in [-0.05, 0) is 30.2 Å². The monoisotopic (exact) mass is 523 g/mol. The van der Waals surface area contributed by atoms with Crippen molar-refractivity contribution in [1.82, 2.24) is 20.7 Å². The van der Waals surface area contributed by atoms with Gasteiger partial charge < -0.3 is 24.5 Å². The third kappa shape index (κ3) is 8.59. The second kappa shape index (κ2) is 14.2. The number of terminal acetylenes is 1. The number of rotatable bonds is 12. The fourth-order valence-electron chi connectivity index (χ4n) is 3.16. The number of amides is 2. The third-order valence-electron chi connectivity index (χ3n) is 4.82. The first-order chi connectivity index (χ1) is 18.0. The molecule has 0 aliphatic rings. The number of hydrogen-bond donors (Lipinski definition) is 3. The van der Waals surface area contributed by atoms with E-state index in [-0.39, 0.29) is 24.7 Å². The Morgan fingerprint density at radius 1 is 1.27 bits per heavy atom. The standard InChI is InChI=1S/C26H26ClN5O5/c1-3-10-36-24-21(27)11-19(12-23(24)35-4-2)14-30-32-25(33)22(13-20-15-28-17-29-20)31-26(34)37-16-18-8-6-5-7-9-18/h1,5-9,11-12,14-15,17,22H,4,10,13,16H2,2H3,(H,28,29)(H,31,34)(H,32,33)/b30-14-/t22-/m0/s1. The first kappa shape index (κ1) is 27.1. The molecule has 3 aromatic rings. The number of nitrogens with zero attached hydrogens (tertiary/aromatic N) is 2. The van der Waals surface area contributed by atoms with Crippen molar-refractivity contribution in [2.75, 3.05) is 13.2 Å². The molecule has 3 rings (SSSR count). The van der Waals surface area contributed by atoms with Crippen molar-refractivity contribution in [1.29, 1.82) is 0 Å². The van der Waals surface area contributed by atoms with E-state index in [0.29, 0.717) is 29.4 Å². The summed E-state index contributed by atoms with van der Waals surface area (Å²) in [7, 11) is 0. The fourth-order valence-corrected chi connectivity index (χ4v) is 3.43. The zero-order valence-electron chi connectivity index (χ0n) is 20.1. The molecule has 0 aliphatic heterocycles. The Balaban J connectivity index is 1.66. The van der Waals surface area contributed by atoms with Crippen molar-refractivity contribution in [3.63, 3.8) is 0 Å². The summed E-state index contributed by atoms with van der Waals surface area (Å²) in [5.41, 5.74) is 4.43. The number of hydrazone groups is 1. The number of benzene rings is 2. The number of hydrogen-bond acceptors (Lipinski definition) is 7. The molecule has 1 aromatic heterocycles. The molecule has 2 aromatic carbocycles. The maximum atomic E-state index is 12.9. The molecular weight excluding hydrogens is 498 g/mol. The molecule has 0 fully saturated rings. The minimum Gasteiger partial charge on any atom is -0.490 e. The molecule has 192 valence electrons. The van der Waals surface area contributed by atoms with E-state index in [4.69, 9.17) is 32.2 Å². The number of carbonyl (C=O) groups excluding carboxylic acids is 2. The van der Waals surface area contributed by atoms with Crippen LogP contribution in [0.5, 0.6) is 11.5 Å². The Labute approximate surface area is 219 Å². The number of ether oxygens (including phenoxy) is 3. The highest BCUT2D eigenvalue weighted by Gasteiger charge is 2.22. The highest BCUT2D eigenvalue weighted by molar-refractivity contribution is 6.32. The molecule has 37 heavy (non-hydrogen) atoms. The number of aromatic amines is 1. The first-order valence-corrected chi connectivity index (χ1v) is 11.7. The number of aromatic nitrogens is 2. The van der Waals surface area contributed by atoms with Crippen LogP contribution >= 0.6 is 11.6 Å². The Hall–Kier alpha value is -4.49. The molecule has 10 nitrogen and oxygen atoms in total. The largest absolute Gasteiger partial charge is 0.490 e. The Kier molecular flexibility index (Phi) is 10.4. The van der Waals surface area contributed by atoms with Gasteiger partial charge in [-0.15, -0.1) is 6.42 Å². The van der Waals surface area contributed by atoms with Gasteiger partial charge in [0.05, 0.1) is 24.2 Å². The summed E-state index contributed by atoms with van der Waals surface area (Å²) in [4.78, 5) is 32.1. The smallest absolute Gasteiger partial charge is 0.408 e. The van der Waals surface area contributed by atoms with Gasteiger partial charge in [0.15, 0.2) is 11.5 Å². The van der Waals surface area contributed by atoms with Gasteiger partial charge in [-0.25, -0.2) is 15.2 Å². The van der Waals surface area contributed by atoms with E-state index in [9.17, 15) is 9.59 Å². The van der Waals surface area contributed by atoms with Crippen LogP contribution in [0.25, 0.3) is 0 Å². The molecule has 0 unspecified atom stereocenters. The van der Waals surface area contributed by atoms with Crippen LogP contribution < -0.4 is 20.2 Å². The van der Waals surface area contributed by atoms with Gasteiger partial charge in [-0.1, -0.05) is 47.9 Å². The van der Waals surface area contributed by atoms with Crippen molar-refractivity contribution < 1.29 is 23.8 Å². The van der Waals surface area contributed by atoms with Crippen molar-refractivity contribution in [2.24, 2.45) is 5.10 Å². The van der Waals surface area contributed by atoms with E-state index in [0.717, 1.165) is 5.56 Å². The zero-order valence-corrected chi connectivity index (χ0v) is 20.8. The van der Waals surface area contributed by atoms with E-state index < -0.39 is 18.0 Å². The van der Waals surface area contributed by atoms with Crippen LogP contribution in [0.15, 0.2) is 60.1 Å². The Morgan fingerprint density at radius 2 is 2.08 bits per heavy atom. The average molecular weight is 524 g/mol. The van der Waals surface area contributed by atoms with Crippen molar-refractivity contribution >= 4 is 29.8 Å². The quantitative estimate of drug-likeness (QED) is 0.189. The number of alkyl carbamates (subject to hydrolysis) is 1. The summed E-state index contributed by atoms with van der Waals surface area (Å²) < 4.78 is 16.3. The molecule has 0 spiro atoms. The van der Waals surface area contributed by atoms with Gasteiger partial charge in [-0.3, -0.25) is 4.79 Å². The molecule has 3 N–H and O–H groups in total. The molecule has 2 amide bonds. The van der Waals surface area contributed by atoms with Crippen LogP contribution in [-0.2, 0) is 22.6 Å². The van der Waals surface area contributed by atoms with Crippen LogP contribution in [0.1, 0.15) is 23.7 Å². The lowest BCUT2D eigenvalue weighted by atomic mass is 10.1. The van der Waals surface area contributed by atoms with E-state index >= 15 is 0 Å². The summed E-state index contributed by atoms with van der Waals surface area (Å²) in [6.07, 6.45) is 9.07. The van der Waals surface area contributed by atoms with Crippen LogP contribution in [0.4, 0.5) is 4.79 Å². The van der Waals surface area contributed by atoms with Crippen molar-refractivity contribution in [3.8, 4) is 23.8 Å². The second-order valence-electron chi connectivity index (χ2n) is 7.53. The molecule has 1 heterocycles. The van der Waals surface area contributed by atoms with Crippen molar-refractivity contribution in [2.45, 2.75) is 26.0 Å². The Bertz CT molecular complexity index is 1240. The van der Waals surface area contributed by atoms with Gasteiger partial charge >= 0.3 is 6.09 Å². The average Bonchev–Trinajstić information content (AvgIpc) is 3.41. The SMILES string of the molecule is C#CCOc1c(Cl)cc(/C=N\NC(=O)[C@H](Cc2cnc[nH]2)NC(=O)OCc2ccccc2)cc1OCC. The molecule has 0 aliphatic carbocycles. The predicted octanol–water partition coefficient (Wildman–Crippen LogP) is 3.46. The van der Waals surface area contributed by atoms with Crippen molar-refractivity contribution in [3.05, 3.63) is 76.8 Å². The van der Waals surface area contributed by atoms with Crippen LogP contribution in [0.2, 0.25) is 5.02 Å². The van der Waals surface area contributed by atoms with Gasteiger partial charge in [-0.2, -0.15) is 5.10 Å². The Morgan fingerprint density at radius 3 is 2.78 bits per heavy atom.